The molecular weight excluding hydrogens is 454 g/mol. The molecule has 5 rings (SSSR count). The van der Waals surface area contributed by atoms with Gasteiger partial charge in [-0.15, -0.1) is 10.2 Å². The Morgan fingerprint density at radius 2 is 1.53 bits per heavy atom. The Balaban J connectivity index is 1.63. The molecule has 0 aliphatic carbocycles. The average Bonchev–Trinajstić information content (AvgIpc) is 3.33. The fraction of sp³-hybridized carbons (Fsp3) is 0.0357. The van der Waals surface area contributed by atoms with Crippen molar-refractivity contribution in [2.24, 2.45) is 10.2 Å². The van der Waals surface area contributed by atoms with E-state index in [1.54, 1.807) is 42.5 Å². The Bertz CT molecular complexity index is 1610. The molecule has 5 aromatic rings. The number of hydrogen-bond donors (Lipinski definition) is 2. The van der Waals surface area contributed by atoms with Crippen LogP contribution in [0.25, 0.3) is 16.5 Å². The first-order chi connectivity index (χ1) is 17.5. The number of fused-ring (bicyclic) bond motifs is 1. The molecule has 8 heteroatoms. The van der Waals surface area contributed by atoms with Crippen LogP contribution in [0.5, 0.6) is 5.75 Å². The van der Waals surface area contributed by atoms with Crippen LogP contribution >= 0.6 is 0 Å². The summed E-state index contributed by atoms with van der Waals surface area (Å²) in [6.07, 6.45) is 1.44. The number of amides is 1. The van der Waals surface area contributed by atoms with Crippen LogP contribution in [0.4, 0.5) is 17.2 Å². The first-order valence-electron chi connectivity index (χ1n) is 11.2. The second-order valence-corrected chi connectivity index (χ2v) is 8.05. The van der Waals surface area contributed by atoms with Crippen LogP contribution in [0.2, 0.25) is 0 Å². The Kier molecular flexibility index (Phi) is 6.07. The summed E-state index contributed by atoms with van der Waals surface area (Å²) in [4.78, 5) is 25.3. The number of aromatic nitrogens is 2. The van der Waals surface area contributed by atoms with Crippen molar-refractivity contribution in [2.75, 3.05) is 5.32 Å². The summed E-state index contributed by atoms with van der Waals surface area (Å²) in [6.45, 7) is 1.42. The van der Waals surface area contributed by atoms with Gasteiger partial charge in [0.25, 0.3) is 5.91 Å². The lowest BCUT2D eigenvalue weighted by Crippen LogP contribution is -2.12. The lowest BCUT2D eigenvalue weighted by Gasteiger charge is -2.11. The summed E-state index contributed by atoms with van der Waals surface area (Å²) in [6, 6.07) is 27.0. The molecule has 0 aliphatic heterocycles. The van der Waals surface area contributed by atoms with E-state index >= 15 is 0 Å². The molecule has 0 bridgehead atoms. The quantitative estimate of drug-likeness (QED) is 0.213. The molecule has 1 heterocycles. The number of rotatable bonds is 6. The number of carbonyl (C=O) groups is 2. The highest BCUT2D eigenvalue weighted by molar-refractivity contribution is 6.11. The molecular formula is C28H21N5O3. The van der Waals surface area contributed by atoms with Crippen molar-refractivity contribution < 1.29 is 14.7 Å². The molecule has 1 amide bonds. The van der Waals surface area contributed by atoms with E-state index < -0.39 is 5.91 Å². The number of phenolic OH excluding ortho intramolecular Hbond substituents is 1. The highest BCUT2D eigenvalue weighted by Gasteiger charge is 2.20. The number of para-hydroxylation sites is 2. The molecule has 1 aromatic heterocycles. The van der Waals surface area contributed by atoms with Crippen molar-refractivity contribution in [1.82, 2.24) is 9.78 Å². The Labute approximate surface area is 206 Å². The molecule has 0 saturated heterocycles. The smallest absolute Gasteiger partial charge is 0.259 e. The van der Waals surface area contributed by atoms with Gasteiger partial charge in [0.15, 0.2) is 17.4 Å². The molecule has 176 valence electrons. The van der Waals surface area contributed by atoms with Crippen molar-refractivity contribution in [3.05, 3.63) is 108 Å². The van der Waals surface area contributed by atoms with E-state index in [1.165, 1.54) is 17.8 Å². The third-order valence-electron chi connectivity index (χ3n) is 5.64. The van der Waals surface area contributed by atoms with Crippen molar-refractivity contribution in [3.8, 4) is 11.4 Å². The zero-order valence-electron chi connectivity index (χ0n) is 19.3. The minimum Gasteiger partial charge on any atom is -0.505 e. The van der Waals surface area contributed by atoms with Crippen molar-refractivity contribution in [2.45, 2.75) is 6.92 Å². The van der Waals surface area contributed by atoms with Crippen LogP contribution in [-0.2, 0) is 0 Å². The molecule has 0 unspecified atom stereocenters. The Morgan fingerprint density at radius 3 is 2.25 bits per heavy atom. The number of carbonyl (C=O) groups excluding carboxylic acids is 2. The van der Waals surface area contributed by atoms with Crippen LogP contribution < -0.4 is 5.32 Å². The van der Waals surface area contributed by atoms with Crippen LogP contribution in [-0.4, -0.2) is 26.6 Å². The molecule has 0 radical (unpaired) electrons. The molecule has 4 aromatic carbocycles. The lowest BCUT2D eigenvalue weighted by atomic mass is 10.0. The number of anilines is 1. The predicted molar refractivity (Wildman–Crippen MR) is 138 cm³/mol. The number of hydrogen-bond acceptors (Lipinski definition) is 6. The standard InChI is InChI=1S/C28H21N5O3/c1-18(34)24-17-29-33(21-13-6-3-7-14-21)27(24)32-31-25-22-15-9-8-10-19(22)16-23(26(25)35)28(36)30-20-11-4-2-5-12-20/h2-17,35H,1H3,(H,30,36)/b32-31+. The molecule has 0 aliphatic rings. The summed E-state index contributed by atoms with van der Waals surface area (Å²) in [5.74, 6) is -0.812. The number of phenols is 1. The van der Waals surface area contributed by atoms with Gasteiger partial charge in [0.05, 0.1) is 23.0 Å². The SMILES string of the molecule is CC(=O)c1cnn(-c2ccccc2)c1/N=N/c1c(O)c(C(=O)Nc2ccccc2)cc2ccccc12. The lowest BCUT2D eigenvalue weighted by molar-refractivity contribution is 0.101. The highest BCUT2D eigenvalue weighted by atomic mass is 16.3. The van der Waals surface area contributed by atoms with E-state index in [0.29, 0.717) is 22.1 Å². The number of benzene rings is 4. The minimum atomic E-state index is -0.486. The summed E-state index contributed by atoms with van der Waals surface area (Å²) in [7, 11) is 0. The molecule has 2 N–H and O–H groups in total. The maximum atomic E-state index is 13.0. The topological polar surface area (TPSA) is 109 Å². The third-order valence-corrected chi connectivity index (χ3v) is 5.64. The van der Waals surface area contributed by atoms with Crippen molar-refractivity contribution in [3.63, 3.8) is 0 Å². The largest absolute Gasteiger partial charge is 0.505 e. The van der Waals surface area contributed by atoms with Crippen LogP contribution in [0.15, 0.2) is 107 Å². The summed E-state index contributed by atoms with van der Waals surface area (Å²) >= 11 is 0. The second kappa shape index (κ2) is 9.63. The van der Waals surface area contributed by atoms with Crippen LogP contribution in [0.3, 0.4) is 0 Å². The van der Waals surface area contributed by atoms with Gasteiger partial charge in [0, 0.05) is 11.1 Å². The van der Waals surface area contributed by atoms with Gasteiger partial charge in [-0.05, 0) is 42.6 Å². The Hall–Kier alpha value is -5.11. The van der Waals surface area contributed by atoms with E-state index in [-0.39, 0.29) is 34.2 Å². The van der Waals surface area contributed by atoms with Gasteiger partial charge in [0.2, 0.25) is 0 Å². The second-order valence-electron chi connectivity index (χ2n) is 8.05. The summed E-state index contributed by atoms with van der Waals surface area (Å²) in [5, 5.41) is 28.2. The van der Waals surface area contributed by atoms with Gasteiger partial charge in [-0.25, -0.2) is 4.68 Å². The monoisotopic (exact) mass is 475 g/mol. The molecule has 0 saturated carbocycles. The number of ketones is 1. The van der Waals surface area contributed by atoms with Crippen LogP contribution in [0, 0.1) is 0 Å². The van der Waals surface area contributed by atoms with E-state index in [9.17, 15) is 14.7 Å². The van der Waals surface area contributed by atoms with E-state index in [1.807, 2.05) is 48.5 Å². The summed E-state index contributed by atoms with van der Waals surface area (Å²) < 4.78 is 1.51. The zero-order chi connectivity index (χ0) is 25.1. The zero-order valence-corrected chi connectivity index (χ0v) is 19.3. The van der Waals surface area contributed by atoms with Gasteiger partial charge in [-0.1, -0.05) is 60.7 Å². The first kappa shape index (κ1) is 22.7. The Morgan fingerprint density at radius 1 is 0.861 bits per heavy atom. The fourth-order valence-electron chi connectivity index (χ4n) is 3.85. The first-order valence-corrected chi connectivity index (χ1v) is 11.2. The number of nitrogens with one attached hydrogen (secondary N) is 1. The minimum absolute atomic E-state index is 0.0508. The highest BCUT2D eigenvalue weighted by Crippen LogP contribution is 2.40. The van der Waals surface area contributed by atoms with Crippen molar-refractivity contribution in [1.29, 1.82) is 0 Å². The number of azo groups is 1. The van der Waals surface area contributed by atoms with E-state index in [2.05, 4.69) is 20.6 Å². The van der Waals surface area contributed by atoms with E-state index in [4.69, 9.17) is 0 Å². The molecule has 0 atom stereocenters. The molecule has 8 nitrogen and oxygen atoms in total. The number of aromatic hydroxyl groups is 1. The normalized spacial score (nSPS) is 11.1. The fourth-order valence-corrected chi connectivity index (χ4v) is 3.85. The number of Topliss-reactive ketones (excluding diaryl/α,β-unsaturated/α-hetero) is 1. The summed E-state index contributed by atoms with van der Waals surface area (Å²) in [5.41, 5.74) is 1.74. The maximum absolute atomic E-state index is 13.0. The predicted octanol–water partition coefficient (Wildman–Crippen LogP) is 6.60. The third kappa shape index (κ3) is 4.35. The number of nitrogens with zero attached hydrogens (tertiary/aromatic N) is 4. The van der Waals surface area contributed by atoms with Gasteiger partial charge in [-0.2, -0.15) is 5.10 Å². The molecule has 0 fully saturated rings. The molecule has 0 spiro atoms. The van der Waals surface area contributed by atoms with Gasteiger partial charge in [0.1, 0.15) is 5.69 Å². The maximum Gasteiger partial charge on any atom is 0.259 e. The van der Waals surface area contributed by atoms with E-state index in [0.717, 1.165) is 0 Å². The van der Waals surface area contributed by atoms with Gasteiger partial charge in [-0.3, -0.25) is 9.59 Å². The van der Waals surface area contributed by atoms with Crippen LogP contribution in [0.1, 0.15) is 27.6 Å². The van der Waals surface area contributed by atoms with Crippen molar-refractivity contribution >= 4 is 39.7 Å². The van der Waals surface area contributed by atoms with Gasteiger partial charge < -0.3 is 10.4 Å². The molecule has 36 heavy (non-hydrogen) atoms. The van der Waals surface area contributed by atoms with Gasteiger partial charge >= 0.3 is 0 Å². The average molecular weight is 476 g/mol.